The number of hydrogen-bond acceptors (Lipinski definition) is 7. The van der Waals surface area contributed by atoms with Crippen LogP contribution in [0.15, 0.2) is 59.4 Å². The van der Waals surface area contributed by atoms with E-state index in [9.17, 15) is 14.4 Å². The zero-order chi connectivity index (χ0) is 24.5. The molecule has 0 fully saturated rings. The first-order valence-electron chi connectivity index (χ1n) is 10.5. The molecule has 3 rings (SSSR count). The van der Waals surface area contributed by atoms with Gasteiger partial charge in [0.25, 0.3) is 11.5 Å². The summed E-state index contributed by atoms with van der Waals surface area (Å²) in [5, 5.41) is 9.75. The van der Waals surface area contributed by atoms with Crippen LogP contribution in [0.3, 0.4) is 0 Å². The molecule has 10 heteroatoms. The molecule has 1 heterocycles. The van der Waals surface area contributed by atoms with Crippen molar-refractivity contribution in [1.82, 2.24) is 15.1 Å². The van der Waals surface area contributed by atoms with Gasteiger partial charge in [-0.05, 0) is 48.5 Å². The number of carbonyl (C=O) groups is 2. The summed E-state index contributed by atoms with van der Waals surface area (Å²) in [5.74, 6) is 1.20. The lowest BCUT2D eigenvalue weighted by Gasteiger charge is -2.12. The van der Waals surface area contributed by atoms with Gasteiger partial charge in [0.15, 0.2) is 6.61 Å². The lowest BCUT2D eigenvalue weighted by Crippen LogP contribution is -2.34. The van der Waals surface area contributed by atoms with Crippen molar-refractivity contribution in [2.45, 2.75) is 13.5 Å². The van der Waals surface area contributed by atoms with Crippen LogP contribution in [0.2, 0.25) is 0 Å². The third-order valence-electron chi connectivity index (χ3n) is 4.74. The third-order valence-corrected chi connectivity index (χ3v) is 4.74. The molecule has 0 atom stereocenters. The van der Waals surface area contributed by atoms with Crippen molar-refractivity contribution in [3.05, 3.63) is 65.0 Å². The summed E-state index contributed by atoms with van der Waals surface area (Å²) in [4.78, 5) is 35.4. The van der Waals surface area contributed by atoms with E-state index >= 15 is 0 Å². The maximum Gasteiger partial charge on any atom is 0.266 e. The van der Waals surface area contributed by atoms with Crippen LogP contribution in [-0.2, 0) is 16.1 Å². The van der Waals surface area contributed by atoms with Crippen molar-refractivity contribution in [2.24, 2.45) is 0 Å². The fourth-order valence-electron chi connectivity index (χ4n) is 3.11. The Balaban J connectivity index is 1.56. The number of anilines is 1. The first-order chi connectivity index (χ1) is 16.4. The first kappa shape index (κ1) is 24.3. The van der Waals surface area contributed by atoms with E-state index in [0.29, 0.717) is 34.2 Å². The molecule has 0 aliphatic heterocycles. The highest BCUT2D eigenvalue weighted by atomic mass is 16.5. The van der Waals surface area contributed by atoms with Crippen molar-refractivity contribution in [2.75, 3.05) is 32.7 Å². The summed E-state index contributed by atoms with van der Waals surface area (Å²) >= 11 is 0. The lowest BCUT2D eigenvalue weighted by molar-refractivity contribution is -0.123. The van der Waals surface area contributed by atoms with E-state index in [1.165, 1.54) is 17.7 Å². The minimum atomic E-state index is -0.343. The van der Waals surface area contributed by atoms with E-state index in [1.807, 2.05) is 0 Å². The maximum atomic E-state index is 12.2. The molecule has 2 N–H and O–H groups in total. The van der Waals surface area contributed by atoms with Gasteiger partial charge in [-0.2, -0.15) is 5.10 Å². The Hall–Kier alpha value is -4.34. The van der Waals surface area contributed by atoms with Gasteiger partial charge < -0.3 is 24.8 Å². The van der Waals surface area contributed by atoms with Crippen molar-refractivity contribution in [3.8, 4) is 28.5 Å². The predicted molar refractivity (Wildman–Crippen MR) is 126 cm³/mol. The van der Waals surface area contributed by atoms with E-state index in [1.54, 1.807) is 62.8 Å². The van der Waals surface area contributed by atoms with Gasteiger partial charge in [0.2, 0.25) is 5.91 Å². The fraction of sp³-hybridized carbons (Fsp3) is 0.250. The average molecular weight is 466 g/mol. The summed E-state index contributed by atoms with van der Waals surface area (Å²) in [7, 11) is 3.11. The van der Waals surface area contributed by atoms with Gasteiger partial charge in [0, 0.05) is 30.8 Å². The van der Waals surface area contributed by atoms with Gasteiger partial charge in [0.05, 0.1) is 26.5 Å². The van der Waals surface area contributed by atoms with Crippen molar-refractivity contribution < 1.29 is 23.8 Å². The smallest absolute Gasteiger partial charge is 0.266 e. The monoisotopic (exact) mass is 466 g/mol. The topological polar surface area (TPSA) is 121 Å². The van der Waals surface area contributed by atoms with E-state index in [4.69, 9.17) is 14.2 Å². The Bertz CT molecular complexity index is 1210. The molecule has 2 amide bonds. The second kappa shape index (κ2) is 11.5. The Morgan fingerprint density at radius 1 is 0.971 bits per heavy atom. The predicted octanol–water partition coefficient (Wildman–Crippen LogP) is 2.08. The zero-order valence-corrected chi connectivity index (χ0v) is 19.2. The number of nitrogens with one attached hydrogen (secondary N) is 2. The highest BCUT2D eigenvalue weighted by molar-refractivity contribution is 5.88. The molecule has 34 heavy (non-hydrogen) atoms. The van der Waals surface area contributed by atoms with Crippen LogP contribution in [-0.4, -0.2) is 49.0 Å². The van der Waals surface area contributed by atoms with Crippen molar-refractivity contribution >= 4 is 17.5 Å². The summed E-state index contributed by atoms with van der Waals surface area (Å²) in [6.45, 7) is 1.60. The SMILES string of the molecule is COc1ccc(OC)c(-c2ccc(=O)n(CCNC(=O)COc3ccc(NC(C)=O)cc3)n2)c1. The second-order valence-corrected chi connectivity index (χ2v) is 7.19. The van der Waals surface area contributed by atoms with Crippen LogP contribution in [0.25, 0.3) is 11.3 Å². The Labute approximate surface area is 196 Å². The van der Waals surface area contributed by atoms with Crippen LogP contribution < -0.4 is 30.4 Å². The summed E-state index contributed by atoms with van der Waals surface area (Å²) in [6, 6.07) is 15.0. The largest absolute Gasteiger partial charge is 0.497 e. The number of benzene rings is 2. The number of nitrogens with zero attached hydrogens (tertiary/aromatic N) is 2. The molecule has 0 saturated carbocycles. The Morgan fingerprint density at radius 3 is 2.38 bits per heavy atom. The van der Waals surface area contributed by atoms with Gasteiger partial charge >= 0.3 is 0 Å². The van der Waals surface area contributed by atoms with E-state index in [-0.39, 0.29) is 37.1 Å². The second-order valence-electron chi connectivity index (χ2n) is 7.19. The van der Waals surface area contributed by atoms with E-state index in [0.717, 1.165) is 0 Å². The van der Waals surface area contributed by atoms with Gasteiger partial charge in [-0.3, -0.25) is 14.4 Å². The number of rotatable bonds is 10. The number of amides is 2. The van der Waals surface area contributed by atoms with Crippen LogP contribution in [0, 0.1) is 0 Å². The third kappa shape index (κ3) is 6.58. The standard InChI is InChI=1S/C24H26N4O6/c1-16(29)26-17-4-6-18(7-5-17)34-15-23(30)25-12-13-28-24(31)11-9-21(27-28)20-14-19(32-2)8-10-22(20)33-3/h4-11,14H,12-13,15H2,1-3H3,(H,25,30)(H,26,29). The molecule has 0 saturated heterocycles. The summed E-state index contributed by atoms with van der Waals surface area (Å²) in [6.07, 6.45) is 0. The van der Waals surface area contributed by atoms with Gasteiger partial charge in [-0.1, -0.05) is 0 Å². The maximum absolute atomic E-state index is 12.2. The average Bonchev–Trinajstić information content (AvgIpc) is 2.84. The van der Waals surface area contributed by atoms with Gasteiger partial charge in [-0.25, -0.2) is 4.68 Å². The minimum absolute atomic E-state index is 0.171. The van der Waals surface area contributed by atoms with Crippen molar-refractivity contribution in [3.63, 3.8) is 0 Å². The highest BCUT2D eigenvalue weighted by Gasteiger charge is 2.11. The molecule has 3 aromatic rings. The van der Waals surface area contributed by atoms with Crippen molar-refractivity contribution in [1.29, 1.82) is 0 Å². The molecule has 178 valence electrons. The number of ether oxygens (including phenoxy) is 3. The molecule has 2 aromatic carbocycles. The normalized spacial score (nSPS) is 10.3. The quantitative estimate of drug-likeness (QED) is 0.469. The molecule has 1 aromatic heterocycles. The molecular formula is C24H26N4O6. The van der Waals surface area contributed by atoms with E-state index in [2.05, 4.69) is 15.7 Å². The summed E-state index contributed by atoms with van der Waals surface area (Å²) in [5.41, 5.74) is 1.55. The molecule has 10 nitrogen and oxygen atoms in total. The first-order valence-corrected chi connectivity index (χ1v) is 10.5. The van der Waals surface area contributed by atoms with Crippen LogP contribution in [0.4, 0.5) is 5.69 Å². The molecule has 0 unspecified atom stereocenters. The Kier molecular flexibility index (Phi) is 8.22. The number of methoxy groups -OCH3 is 2. The molecule has 0 aliphatic rings. The zero-order valence-electron chi connectivity index (χ0n) is 19.2. The molecule has 0 bridgehead atoms. The highest BCUT2D eigenvalue weighted by Crippen LogP contribution is 2.31. The molecule has 0 aliphatic carbocycles. The molecular weight excluding hydrogens is 440 g/mol. The molecule has 0 radical (unpaired) electrons. The van der Waals surface area contributed by atoms with Gasteiger partial charge in [-0.15, -0.1) is 0 Å². The molecule has 0 spiro atoms. The van der Waals surface area contributed by atoms with Crippen LogP contribution in [0.1, 0.15) is 6.92 Å². The summed E-state index contributed by atoms with van der Waals surface area (Å²) < 4.78 is 17.4. The number of aromatic nitrogens is 2. The van der Waals surface area contributed by atoms with Crippen LogP contribution >= 0.6 is 0 Å². The number of hydrogen-bond donors (Lipinski definition) is 2. The lowest BCUT2D eigenvalue weighted by atomic mass is 10.1. The van der Waals surface area contributed by atoms with Crippen LogP contribution in [0.5, 0.6) is 17.2 Å². The fourth-order valence-corrected chi connectivity index (χ4v) is 3.11. The number of carbonyl (C=O) groups excluding carboxylic acids is 2. The minimum Gasteiger partial charge on any atom is -0.497 e. The Morgan fingerprint density at radius 2 is 1.71 bits per heavy atom. The van der Waals surface area contributed by atoms with Gasteiger partial charge in [0.1, 0.15) is 17.2 Å². The van der Waals surface area contributed by atoms with E-state index < -0.39 is 0 Å².